The largest absolute Gasteiger partial charge is 0.381 e. The Morgan fingerprint density at radius 3 is 2.86 bits per heavy atom. The average Bonchev–Trinajstić information content (AvgIpc) is 3.41. The fourth-order valence-electron chi connectivity index (χ4n) is 5.99. The van der Waals surface area contributed by atoms with Gasteiger partial charge in [0.25, 0.3) is 5.91 Å². The highest BCUT2D eigenvalue weighted by atomic mass is 19.1. The summed E-state index contributed by atoms with van der Waals surface area (Å²) in [5, 5.41) is 12.2. The van der Waals surface area contributed by atoms with Crippen LogP contribution in [0.2, 0.25) is 0 Å². The smallest absolute Gasteiger partial charge is 0.257 e. The van der Waals surface area contributed by atoms with Crippen molar-refractivity contribution in [2.45, 2.75) is 25.4 Å². The maximum Gasteiger partial charge on any atom is 0.257 e. The van der Waals surface area contributed by atoms with Gasteiger partial charge in [-0.3, -0.25) is 9.48 Å². The quantitative estimate of drug-likeness (QED) is 0.448. The van der Waals surface area contributed by atoms with Crippen LogP contribution in [-0.2, 0) is 11.8 Å². The lowest BCUT2D eigenvalue weighted by Gasteiger charge is -2.21. The summed E-state index contributed by atoms with van der Waals surface area (Å²) in [5.74, 6) is 0.561. The molecule has 3 aromatic heterocycles. The molecule has 0 spiro atoms. The number of halogens is 1. The van der Waals surface area contributed by atoms with Gasteiger partial charge in [-0.25, -0.2) is 9.37 Å². The molecule has 36 heavy (non-hydrogen) atoms. The van der Waals surface area contributed by atoms with Gasteiger partial charge in [-0.05, 0) is 25.5 Å². The summed E-state index contributed by atoms with van der Waals surface area (Å²) in [6.45, 7) is 5.46. The van der Waals surface area contributed by atoms with Gasteiger partial charge < -0.3 is 24.7 Å². The van der Waals surface area contributed by atoms with E-state index >= 15 is 0 Å². The number of amides is 1. The number of nitrogens with one attached hydrogen (secondary N) is 2. The molecule has 7 rings (SSSR count). The van der Waals surface area contributed by atoms with Gasteiger partial charge in [0.05, 0.1) is 30.2 Å². The number of carbonyl (C=O) groups is 1. The summed E-state index contributed by atoms with van der Waals surface area (Å²) in [6, 6.07) is 6.17. The lowest BCUT2D eigenvalue weighted by molar-refractivity contribution is 0.102. The van der Waals surface area contributed by atoms with Crippen molar-refractivity contribution in [3.8, 4) is 0 Å². The molecule has 186 valence electrons. The Labute approximate surface area is 207 Å². The number of hydrogen-bond acceptors (Lipinski definition) is 6. The van der Waals surface area contributed by atoms with Crippen molar-refractivity contribution < 1.29 is 13.9 Å². The number of imidazole rings is 1. The molecule has 2 saturated heterocycles. The summed E-state index contributed by atoms with van der Waals surface area (Å²) in [4.78, 5) is 19.8. The average molecular weight is 490 g/mol. The van der Waals surface area contributed by atoms with Crippen molar-refractivity contribution in [3.05, 3.63) is 53.9 Å². The van der Waals surface area contributed by atoms with E-state index in [1.807, 2.05) is 25.4 Å². The number of anilines is 2. The molecule has 1 saturated carbocycles. The summed E-state index contributed by atoms with van der Waals surface area (Å²) in [5.41, 5.74) is 3.48. The lowest BCUT2D eigenvalue weighted by atomic mass is 10.1. The standard InChI is InChI=1S/C26H28FN7O2/c1-14-8-34-10-16(7-21(27)25(34)28-14)30-26(35)17-3-4-22(18-11-32(2)31-24(17)18)33-6-5-15(9-33)29-23-19-12-36-13-20(19)23/h3-4,7-8,10-11,15,19-20,23,29H,5-6,9,12-13H2,1-2H3,(H,30,35). The number of ether oxygens (including phenoxy) is 1. The van der Waals surface area contributed by atoms with Gasteiger partial charge in [0.15, 0.2) is 11.5 Å². The number of rotatable bonds is 5. The third-order valence-corrected chi connectivity index (χ3v) is 7.81. The van der Waals surface area contributed by atoms with Gasteiger partial charge in [-0.1, -0.05) is 0 Å². The van der Waals surface area contributed by atoms with Crippen LogP contribution >= 0.6 is 0 Å². The fraction of sp³-hybridized carbons (Fsp3) is 0.423. The van der Waals surface area contributed by atoms with Crippen LogP contribution in [-0.4, -0.2) is 63.5 Å². The summed E-state index contributed by atoms with van der Waals surface area (Å²) in [7, 11) is 1.86. The number of nitrogens with zero attached hydrogens (tertiary/aromatic N) is 5. The molecule has 0 radical (unpaired) electrons. The van der Waals surface area contributed by atoms with Gasteiger partial charge in [0.1, 0.15) is 5.52 Å². The van der Waals surface area contributed by atoms with E-state index < -0.39 is 5.82 Å². The van der Waals surface area contributed by atoms with E-state index in [4.69, 9.17) is 4.74 Å². The molecule has 3 aliphatic rings. The van der Waals surface area contributed by atoms with Gasteiger partial charge in [-0.15, -0.1) is 0 Å². The van der Waals surface area contributed by atoms with Crippen LogP contribution in [0.15, 0.2) is 36.8 Å². The van der Waals surface area contributed by atoms with Crippen molar-refractivity contribution in [1.82, 2.24) is 24.5 Å². The number of aryl methyl sites for hydroxylation is 2. The molecule has 1 aliphatic carbocycles. The van der Waals surface area contributed by atoms with Crippen LogP contribution in [0.5, 0.6) is 0 Å². The van der Waals surface area contributed by atoms with Gasteiger partial charge >= 0.3 is 0 Å². The Morgan fingerprint density at radius 2 is 2.03 bits per heavy atom. The summed E-state index contributed by atoms with van der Waals surface area (Å²) < 4.78 is 23.4. The maximum atomic E-state index is 14.5. The first-order chi connectivity index (χ1) is 17.4. The number of aromatic nitrogens is 4. The topological polar surface area (TPSA) is 88.7 Å². The van der Waals surface area contributed by atoms with Crippen LogP contribution in [0.1, 0.15) is 22.5 Å². The highest BCUT2D eigenvalue weighted by Gasteiger charge is 2.54. The molecule has 1 aromatic carbocycles. The van der Waals surface area contributed by atoms with Crippen molar-refractivity contribution >= 4 is 33.8 Å². The Hall–Kier alpha value is -3.50. The fourth-order valence-corrected chi connectivity index (χ4v) is 5.99. The van der Waals surface area contributed by atoms with Crippen LogP contribution in [0.4, 0.5) is 15.8 Å². The molecular weight excluding hydrogens is 461 g/mol. The van der Waals surface area contributed by atoms with Crippen LogP contribution < -0.4 is 15.5 Å². The monoisotopic (exact) mass is 489 g/mol. The zero-order chi connectivity index (χ0) is 24.6. The second-order valence-electron chi connectivity index (χ2n) is 10.3. The van der Waals surface area contributed by atoms with E-state index in [0.29, 0.717) is 46.4 Å². The zero-order valence-corrected chi connectivity index (χ0v) is 20.2. The van der Waals surface area contributed by atoms with Crippen molar-refractivity contribution in [2.24, 2.45) is 18.9 Å². The Bertz CT molecular complexity index is 1500. The van der Waals surface area contributed by atoms with Gasteiger partial charge in [-0.2, -0.15) is 5.10 Å². The minimum Gasteiger partial charge on any atom is -0.381 e. The second-order valence-corrected chi connectivity index (χ2v) is 10.3. The Balaban J connectivity index is 1.13. The van der Waals surface area contributed by atoms with E-state index in [-0.39, 0.29) is 11.6 Å². The third-order valence-electron chi connectivity index (χ3n) is 7.81. The Morgan fingerprint density at radius 1 is 1.19 bits per heavy atom. The first kappa shape index (κ1) is 21.8. The van der Waals surface area contributed by atoms with Crippen molar-refractivity contribution in [3.63, 3.8) is 0 Å². The second kappa shape index (κ2) is 8.01. The molecule has 0 bridgehead atoms. The molecule has 3 atom stereocenters. The summed E-state index contributed by atoms with van der Waals surface area (Å²) in [6.07, 6.45) is 6.44. The first-order valence-electron chi connectivity index (χ1n) is 12.5. The van der Waals surface area contributed by atoms with E-state index in [2.05, 4.69) is 25.6 Å². The molecule has 3 unspecified atom stereocenters. The molecule has 2 N–H and O–H groups in total. The third kappa shape index (κ3) is 3.55. The van der Waals surface area contributed by atoms with Crippen LogP contribution in [0.25, 0.3) is 16.6 Å². The highest BCUT2D eigenvalue weighted by Crippen LogP contribution is 2.44. The zero-order valence-electron chi connectivity index (χ0n) is 20.2. The molecule has 5 heterocycles. The lowest BCUT2D eigenvalue weighted by Crippen LogP contribution is -2.36. The number of fused-ring (bicyclic) bond motifs is 3. The number of pyridine rings is 1. The predicted molar refractivity (Wildman–Crippen MR) is 134 cm³/mol. The number of hydrogen-bond donors (Lipinski definition) is 2. The molecular formula is C26H28FN7O2. The molecule has 3 fully saturated rings. The number of benzene rings is 1. The Kier molecular flexibility index (Phi) is 4.84. The SMILES string of the molecule is Cc1cn2cc(NC(=O)c3ccc(N4CCC(NC5C6COCC65)C4)c4cn(C)nc34)cc(F)c2n1. The van der Waals surface area contributed by atoms with E-state index in [1.54, 1.807) is 28.4 Å². The van der Waals surface area contributed by atoms with Crippen LogP contribution in [0.3, 0.4) is 0 Å². The first-order valence-corrected chi connectivity index (χ1v) is 12.5. The highest BCUT2D eigenvalue weighted by molar-refractivity contribution is 6.13. The van der Waals surface area contributed by atoms with Gasteiger partial charge in [0, 0.05) is 79.8 Å². The predicted octanol–water partition coefficient (Wildman–Crippen LogP) is 2.73. The molecule has 2 aliphatic heterocycles. The number of carbonyl (C=O) groups excluding carboxylic acids is 1. The molecule has 4 aromatic rings. The minimum absolute atomic E-state index is 0.235. The van der Waals surface area contributed by atoms with Crippen molar-refractivity contribution in [2.75, 3.05) is 36.5 Å². The van der Waals surface area contributed by atoms with E-state index in [1.165, 1.54) is 6.07 Å². The minimum atomic E-state index is -0.487. The molecule has 1 amide bonds. The maximum absolute atomic E-state index is 14.5. The van der Waals surface area contributed by atoms with E-state index in [9.17, 15) is 9.18 Å². The molecule has 10 heteroatoms. The van der Waals surface area contributed by atoms with Gasteiger partial charge in [0.2, 0.25) is 0 Å². The van der Waals surface area contributed by atoms with Crippen LogP contribution in [0, 0.1) is 24.6 Å². The normalized spacial score (nSPS) is 25.1. The van der Waals surface area contributed by atoms with Crippen molar-refractivity contribution in [1.29, 1.82) is 0 Å². The van der Waals surface area contributed by atoms with E-state index in [0.717, 1.165) is 43.8 Å². The summed E-state index contributed by atoms with van der Waals surface area (Å²) >= 11 is 0. The molecule has 9 nitrogen and oxygen atoms in total.